The van der Waals surface area contributed by atoms with Crippen LogP contribution in [0.5, 0.6) is 0 Å². The second-order valence-electron chi connectivity index (χ2n) is 9.21. The summed E-state index contributed by atoms with van der Waals surface area (Å²) in [6.07, 6.45) is 10.6. The molecule has 2 heterocycles. The SMILES string of the molecule is CCCCCCc1csc(-c2ccc3c(c2)C2CCCC2N3c2ccc(C)cc2)c1. The van der Waals surface area contributed by atoms with Crippen molar-refractivity contribution >= 4 is 22.7 Å². The second-order valence-corrected chi connectivity index (χ2v) is 10.1. The van der Waals surface area contributed by atoms with Crippen LogP contribution in [-0.4, -0.2) is 6.04 Å². The van der Waals surface area contributed by atoms with Crippen LogP contribution < -0.4 is 4.90 Å². The second kappa shape index (κ2) is 8.59. The molecule has 0 amide bonds. The molecular formula is C28H33NS. The van der Waals surface area contributed by atoms with E-state index in [0.29, 0.717) is 12.0 Å². The summed E-state index contributed by atoms with van der Waals surface area (Å²) in [4.78, 5) is 4.07. The predicted octanol–water partition coefficient (Wildman–Crippen LogP) is 8.63. The van der Waals surface area contributed by atoms with Crippen LogP contribution in [0, 0.1) is 6.92 Å². The number of rotatable bonds is 7. The van der Waals surface area contributed by atoms with E-state index >= 15 is 0 Å². The van der Waals surface area contributed by atoms with E-state index in [0.717, 1.165) is 0 Å². The molecule has 0 radical (unpaired) electrons. The van der Waals surface area contributed by atoms with Crippen molar-refractivity contribution in [3.8, 4) is 10.4 Å². The van der Waals surface area contributed by atoms with Gasteiger partial charge in [0.2, 0.25) is 0 Å². The Balaban J connectivity index is 1.42. The van der Waals surface area contributed by atoms with Gasteiger partial charge in [0.1, 0.15) is 0 Å². The summed E-state index contributed by atoms with van der Waals surface area (Å²) >= 11 is 1.92. The van der Waals surface area contributed by atoms with Gasteiger partial charge in [-0.3, -0.25) is 0 Å². The minimum absolute atomic E-state index is 0.635. The van der Waals surface area contributed by atoms with Gasteiger partial charge in [0.15, 0.2) is 0 Å². The fourth-order valence-electron chi connectivity index (χ4n) is 5.46. The molecule has 3 aromatic rings. The molecular weight excluding hydrogens is 382 g/mol. The van der Waals surface area contributed by atoms with Crippen molar-refractivity contribution in [2.45, 2.75) is 77.2 Å². The first-order chi connectivity index (χ1) is 14.7. The number of hydrogen-bond donors (Lipinski definition) is 0. The summed E-state index contributed by atoms with van der Waals surface area (Å²) < 4.78 is 0. The van der Waals surface area contributed by atoms with Gasteiger partial charge in [-0.1, -0.05) is 56.4 Å². The van der Waals surface area contributed by atoms with E-state index in [4.69, 9.17) is 0 Å². The maximum atomic E-state index is 2.63. The quantitative estimate of drug-likeness (QED) is 0.349. The fourth-order valence-corrected chi connectivity index (χ4v) is 6.41. The number of aryl methyl sites for hydroxylation is 2. The Labute approximate surface area is 185 Å². The lowest BCUT2D eigenvalue weighted by molar-refractivity contribution is 0.642. The molecule has 2 aliphatic rings. The number of thiophene rings is 1. The summed E-state index contributed by atoms with van der Waals surface area (Å²) in [5, 5.41) is 2.38. The van der Waals surface area contributed by atoms with Gasteiger partial charge in [-0.2, -0.15) is 0 Å². The molecule has 1 aliphatic heterocycles. The minimum Gasteiger partial charge on any atom is -0.338 e. The molecule has 1 fully saturated rings. The number of fused-ring (bicyclic) bond motifs is 3. The topological polar surface area (TPSA) is 3.24 Å². The fraction of sp³-hybridized carbons (Fsp3) is 0.429. The average molecular weight is 416 g/mol. The van der Waals surface area contributed by atoms with Crippen LogP contribution in [0.2, 0.25) is 0 Å². The van der Waals surface area contributed by atoms with Gasteiger partial charge in [0.25, 0.3) is 0 Å². The van der Waals surface area contributed by atoms with Crippen LogP contribution in [0.3, 0.4) is 0 Å². The Bertz CT molecular complexity index is 1000. The van der Waals surface area contributed by atoms with Crippen LogP contribution in [0.15, 0.2) is 53.9 Å². The van der Waals surface area contributed by atoms with Crippen molar-refractivity contribution in [1.82, 2.24) is 0 Å². The van der Waals surface area contributed by atoms with Gasteiger partial charge in [-0.15, -0.1) is 11.3 Å². The number of anilines is 2. The van der Waals surface area contributed by atoms with E-state index in [1.807, 2.05) is 11.3 Å². The number of hydrogen-bond acceptors (Lipinski definition) is 2. The first-order valence-electron chi connectivity index (χ1n) is 11.8. The van der Waals surface area contributed by atoms with Crippen molar-refractivity contribution in [2.75, 3.05) is 4.90 Å². The van der Waals surface area contributed by atoms with Crippen LogP contribution in [-0.2, 0) is 6.42 Å². The Morgan fingerprint density at radius 3 is 2.67 bits per heavy atom. The highest BCUT2D eigenvalue weighted by atomic mass is 32.1. The third-order valence-electron chi connectivity index (χ3n) is 7.07. The molecule has 1 nitrogen and oxygen atoms in total. The lowest BCUT2D eigenvalue weighted by Gasteiger charge is -2.27. The number of unbranched alkanes of at least 4 members (excludes halogenated alkanes) is 3. The molecule has 0 bridgehead atoms. The van der Waals surface area contributed by atoms with E-state index in [9.17, 15) is 0 Å². The molecule has 2 aromatic carbocycles. The molecule has 0 spiro atoms. The largest absolute Gasteiger partial charge is 0.338 e. The van der Waals surface area contributed by atoms with Crippen LogP contribution in [0.1, 0.15) is 74.5 Å². The summed E-state index contributed by atoms with van der Waals surface area (Å²) in [7, 11) is 0. The van der Waals surface area contributed by atoms with Crippen molar-refractivity contribution < 1.29 is 0 Å². The van der Waals surface area contributed by atoms with Gasteiger partial charge in [-0.25, -0.2) is 0 Å². The van der Waals surface area contributed by atoms with Gasteiger partial charge >= 0.3 is 0 Å². The summed E-state index contributed by atoms with van der Waals surface area (Å²) in [6, 6.07) is 19.4. The molecule has 30 heavy (non-hydrogen) atoms. The van der Waals surface area contributed by atoms with Gasteiger partial charge in [-0.05, 0) is 85.0 Å². The van der Waals surface area contributed by atoms with Gasteiger partial charge in [0.05, 0.1) is 0 Å². The molecule has 0 N–H and O–H groups in total. The van der Waals surface area contributed by atoms with Gasteiger partial charge in [0, 0.05) is 28.2 Å². The summed E-state index contributed by atoms with van der Waals surface area (Å²) in [6.45, 7) is 4.46. The highest BCUT2D eigenvalue weighted by molar-refractivity contribution is 7.13. The smallest absolute Gasteiger partial charge is 0.0450 e. The molecule has 156 valence electrons. The summed E-state index contributed by atoms with van der Waals surface area (Å²) in [5.74, 6) is 0.690. The minimum atomic E-state index is 0.635. The van der Waals surface area contributed by atoms with Crippen LogP contribution in [0.25, 0.3) is 10.4 Å². The molecule has 1 aliphatic carbocycles. The Kier molecular flexibility index (Phi) is 5.69. The summed E-state index contributed by atoms with van der Waals surface area (Å²) in [5.41, 5.74) is 8.64. The molecule has 2 atom stereocenters. The lowest BCUT2D eigenvalue weighted by atomic mass is 9.95. The van der Waals surface area contributed by atoms with E-state index in [1.54, 1.807) is 5.56 Å². The first kappa shape index (κ1) is 19.9. The Morgan fingerprint density at radius 1 is 0.967 bits per heavy atom. The monoisotopic (exact) mass is 415 g/mol. The highest BCUT2D eigenvalue weighted by Crippen LogP contribution is 2.53. The van der Waals surface area contributed by atoms with E-state index < -0.39 is 0 Å². The normalized spacial score (nSPS) is 19.9. The number of benzene rings is 2. The molecule has 5 rings (SSSR count). The first-order valence-corrected chi connectivity index (χ1v) is 12.7. The third kappa shape index (κ3) is 3.71. The van der Waals surface area contributed by atoms with Crippen molar-refractivity contribution in [2.24, 2.45) is 0 Å². The molecule has 2 heteroatoms. The van der Waals surface area contributed by atoms with Crippen molar-refractivity contribution in [1.29, 1.82) is 0 Å². The predicted molar refractivity (Wildman–Crippen MR) is 131 cm³/mol. The maximum absolute atomic E-state index is 2.63. The van der Waals surface area contributed by atoms with Crippen LogP contribution >= 0.6 is 11.3 Å². The Morgan fingerprint density at radius 2 is 1.83 bits per heavy atom. The van der Waals surface area contributed by atoms with E-state index in [1.165, 1.54) is 84.3 Å². The molecule has 1 saturated carbocycles. The Hall–Kier alpha value is -2.06. The standard InChI is InChI=1S/C28H33NS/c1-3-4-5-6-8-21-17-28(30-19-21)22-13-16-27-25(18-22)24-9-7-10-26(24)29(27)23-14-11-20(2)12-15-23/h11-19,24,26H,3-10H2,1-2H3. The van der Waals surface area contributed by atoms with Crippen molar-refractivity contribution in [3.05, 3.63) is 70.6 Å². The number of nitrogens with zero attached hydrogens (tertiary/aromatic N) is 1. The lowest BCUT2D eigenvalue weighted by Crippen LogP contribution is -2.26. The van der Waals surface area contributed by atoms with Gasteiger partial charge < -0.3 is 4.90 Å². The van der Waals surface area contributed by atoms with Crippen LogP contribution in [0.4, 0.5) is 11.4 Å². The molecule has 0 saturated heterocycles. The highest BCUT2D eigenvalue weighted by Gasteiger charge is 2.42. The molecule has 2 unspecified atom stereocenters. The van der Waals surface area contributed by atoms with E-state index in [-0.39, 0.29) is 0 Å². The zero-order valence-electron chi connectivity index (χ0n) is 18.4. The maximum Gasteiger partial charge on any atom is 0.0450 e. The molecule has 1 aromatic heterocycles. The zero-order valence-corrected chi connectivity index (χ0v) is 19.2. The van der Waals surface area contributed by atoms with Crippen molar-refractivity contribution in [3.63, 3.8) is 0 Å². The average Bonchev–Trinajstić information content (AvgIpc) is 3.48. The van der Waals surface area contributed by atoms with E-state index in [2.05, 4.69) is 72.7 Å². The third-order valence-corrected chi connectivity index (χ3v) is 8.10. The zero-order chi connectivity index (χ0) is 20.5.